The predicted molar refractivity (Wildman–Crippen MR) is 99.3 cm³/mol. The number of amides is 1. The minimum absolute atomic E-state index is 0.0911. The summed E-state index contributed by atoms with van der Waals surface area (Å²) in [5.41, 5.74) is 1.51. The number of ether oxygens (including phenoxy) is 2. The number of carbonyl (C=O) groups is 1. The molecular formula is C15H19BrN3O7P. The average Bonchev–Trinajstić information content (AvgIpc) is 2.65. The molecule has 1 aromatic heterocycles. The van der Waals surface area contributed by atoms with Crippen LogP contribution in [0.2, 0.25) is 0 Å². The monoisotopic (exact) mass is 463 g/mol. The van der Waals surface area contributed by atoms with Crippen LogP contribution in [0.3, 0.4) is 0 Å². The van der Waals surface area contributed by atoms with E-state index in [1.807, 2.05) is 0 Å². The van der Waals surface area contributed by atoms with Gasteiger partial charge in [-0.25, -0.2) is 19.6 Å². The smallest absolute Gasteiger partial charge is 0.477 e. The van der Waals surface area contributed by atoms with Gasteiger partial charge in [0.15, 0.2) is 0 Å². The Morgan fingerprint density at radius 3 is 2.22 bits per heavy atom. The van der Waals surface area contributed by atoms with Gasteiger partial charge in [-0.15, -0.1) is 0 Å². The molecule has 0 unspecified atom stereocenters. The Hall–Kier alpha value is -1.78. The van der Waals surface area contributed by atoms with Crippen molar-refractivity contribution in [3.63, 3.8) is 0 Å². The van der Waals surface area contributed by atoms with E-state index in [4.69, 9.17) is 23.1 Å². The molecule has 0 saturated carbocycles. The number of halogens is 1. The topological polar surface area (TPSA) is 109 Å². The van der Waals surface area contributed by atoms with Crippen LogP contribution in [0.4, 0.5) is 0 Å². The molecule has 1 amide bonds. The lowest BCUT2D eigenvalue weighted by Crippen LogP contribution is -2.28. The molecular weight excluding hydrogens is 445 g/mol. The van der Waals surface area contributed by atoms with E-state index in [0.29, 0.717) is 21.1 Å². The Morgan fingerprint density at radius 2 is 1.70 bits per heavy atom. The van der Waals surface area contributed by atoms with Crippen LogP contribution >= 0.6 is 23.8 Å². The maximum Gasteiger partial charge on any atom is 0.496 e. The van der Waals surface area contributed by atoms with E-state index in [9.17, 15) is 9.36 Å². The van der Waals surface area contributed by atoms with Crippen LogP contribution in [-0.4, -0.2) is 49.4 Å². The Bertz CT molecular complexity index is 887. The first-order valence-electron chi connectivity index (χ1n) is 7.54. The molecule has 1 heterocycles. The molecule has 0 atom stereocenters. The number of hydroxylamine groups is 2. The molecule has 0 radical (unpaired) electrons. The Balaban J connectivity index is 2.52. The first-order valence-corrected chi connectivity index (χ1v) is 9.79. The maximum atomic E-state index is 12.2. The van der Waals surface area contributed by atoms with E-state index < -0.39 is 13.7 Å². The standard InChI is InChI=1S/C15H19BrN3O7P/c1-9(20)19(26-27(21,24-4)25-5)8-10-6-11(16)7-12-13(10)18-15(23-3)14(17-12)22-2/h6-7H,8H2,1-5H3. The molecule has 0 aliphatic heterocycles. The number of hydrogen-bond donors (Lipinski definition) is 0. The summed E-state index contributed by atoms with van der Waals surface area (Å²) in [5, 5.41) is 0.868. The van der Waals surface area contributed by atoms with Crippen molar-refractivity contribution in [1.82, 2.24) is 15.0 Å². The molecule has 0 aliphatic rings. The first-order chi connectivity index (χ1) is 12.8. The van der Waals surface area contributed by atoms with Crippen LogP contribution in [0.15, 0.2) is 16.6 Å². The van der Waals surface area contributed by atoms with Crippen molar-refractivity contribution < 1.29 is 32.5 Å². The summed E-state index contributed by atoms with van der Waals surface area (Å²) in [6.07, 6.45) is 0. The fourth-order valence-electron chi connectivity index (χ4n) is 2.16. The largest absolute Gasteiger partial charge is 0.496 e. The zero-order valence-electron chi connectivity index (χ0n) is 15.4. The number of methoxy groups -OCH3 is 2. The average molecular weight is 464 g/mol. The van der Waals surface area contributed by atoms with Crippen molar-refractivity contribution in [3.05, 3.63) is 22.2 Å². The number of aromatic nitrogens is 2. The van der Waals surface area contributed by atoms with Gasteiger partial charge >= 0.3 is 7.82 Å². The molecule has 0 fully saturated rings. The minimum atomic E-state index is -3.92. The van der Waals surface area contributed by atoms with Gasteiger partial charge in [0.05, 0.1) is 31.8 Å². The number of nitrogens with zero attached hydrogens (tertiary/aromatic N) is 3. The van der Waals surface area contributed by atoms with Crippen molar-refractivity contribution in [1.29, 1.82) is 0 Å². The van der Waals surface area contributed by atoms with Gasteiger partial charge in [0.2, 0.25) is 5.91 Å². The molecule has 27 heavy (non-hydrogen) atoms. The van der Waals surface area contributed by atoms with Crippen LogP contribution in [-0.2, 0) is 29.6 Å². The quantitative estimate of drug-likeness (QED) is 0.430. The lowest BCUT2D eigenvalue weighted by molar-refractivity contribution is -0.162. The number of rotatable bonds is 8. The third-order valence-corrected chi connectivity index (χ3v) is 5.20. The van der Waals surface area contributed by atoms with Gasteiger partial charge in [0.25, 0.3) is 11.8 Å². The molecule has 0 spiro atoms. The fourth-order valence-corrected chi connectivity index (χ4v) is 3.35. The van der Waals surface area contributed by atoms with Crippen LogP contribution in [0.25, 0.3) is 11.0 Å². The molecule has 0 aliphatic carbocycles. The molecule has 148 valence electrons. The fraction of sp³-hybridized carbons (Fsp3) is 0.400. The summed E-state index contributed by atoms with van der Waals surface area (Å²) in [5.74, 6) is -0.105. The van der Waals surface area contributed by atoms with E-state index >= 15 is 0 Å². The van der Waals surface area contributed by atoms with Gasteiger partial charge in [0, 0.05) is 31.2 Å². The summed E-state index contributed by atoms with van der Waals surface area (Å²) >= 11 is 3.39. The predicted octanol–water partition coefficient (Wildman–Crippen LogP) is 3.09. The van der Waals surface area contributed by atoms with Gasteiger partial charge in [-0.3, -0.25) is 13.8 Å². The number of fused-ring (bicyclic) bond motifs is 1. The first kappa shape index (κ1) is 21.5. The number of benzene rings is 1. The summed E-state index contributed by atoms with van der Waals surface area (Å²) in [4.78, 5) is 20.7. The lowest BCUT2D eigenvalue weighted by atomic mass is 10.1. The lowest BCUT2D eigenvalue weighted by Gasteiger charge is -2.24. The summed E-state index contributed by atoms with van der Waals surface area (Å²) in [7, 11) is 1.28. The van der Waals surface area contributed by atoms with Gasteiger partial charge in [0.1, 0.15) is 0 Å². The van der Waals surface area contributed by atoms with Gasteiger partial charge in [-0.2, -0.15) is 4.62 Å². The normalized spacial score (nSPS) is 11.5. The van der Waals surface area contributed by atoms with E-state index in [0.717, 1.165) is 19.3 Å². The molecule has 2 aromatic rings. The minimum Gasteiger partial charge on any atom is -0.477 e. The zero-order valence-corrected chi connectivity index (χ0v) is 17.9. The van der Waals surface area contributed by atoms with Gasteiger partial charge in [-0.05, 0) is 12.1 Å². The van der Waals surface area contributed by atoms with Gasteiger partial charge in [-0.1, -0.05) is 15.9 Å². The third kappa shape index (κ3) is 4.94. The van der Waals surface area contributed by atoms with E-state index in [-0.39, 0.29) is 18.3 Å². The highest BCUT2D eigenvalue weighted by atomic mass is 79.9. The molecule has 10 nitrogen and oxygen atoms in total. The molecule has 12 heteroatoms. The number of carbonyl (C=O) groups excluding carboxylic acids is 1. The van der Waals surface area contributed by atoms with Crippen LogP contribution in [0.1, 0.15) is 12.5 Å². The maximum absolute atomic E-state index is 12.2. The number of phosphoric acid groups is 1. The van der Waals surface area contributed by atoms with Crippen molar-refractivity contribution >= 4 is 40.7 Å². The summed E-state index contributed by atoms with van der Waals surface area (Å²) in [6.45, 7) is 1.16. The van der Waals surface area contributed by atoms with Crippen molar-refractivity contribution in [2.75, 3.05) is 28.4 Å². The molecule has 0 N–H and O–H groups in total. The molecule has 2 rings (SSSR count). The highest BCUT2D eigenvalue weighted by Gasteiger charge is 2.30. The second kappa shape index (κ2) is 8.94. The zero-order chi connectivity index (χ0) is 20.2. The Morgan fingerprint density at radius 1 is 1.11 bits per heavy atom. The van der Waals surface area contributed by atoms with Crippen LogP contribution in [0.5, 0.6) is 11.8 Å². The second-order valence-corrected chi connectivity index (χ2v) is 7.83. The second-order valence-electron chi connectivity index (χ2n) is 5.12. The summed E-state index contributed by atoms with van der Waals surface area (Å²) < 4.78 is 37.9. The number of hydrogen-bond acceptors (Lipinski definition) is 9. The third-order valence-electron chi connectivity index (χ3n) is 3.45. The molecule has 0 bridgehead atoms. The molecule has 1 aromatic carbocycles. The van der Waals surface area contributed by atoms with Crippen molar-refractivity contribution in [3.8, 4) is 11.8 Å². The van der Waals surface area contributed by atoms with Gasteiger partial charge < -0.3 is 9.47 Å². The van der Waals surface area contributed by atoms with Crippen molar-refractivity contribution in [2.24, 2.45) is 0 Å². The van der Waals surface area contributed by atoms with E-state index in [1.54, 1.807) is 12.1 Å². The highest BCUT2D eigenvalue weighted by Crippen LogP contribution is 2.48. The van der Waals surface area contributed by atoms with E-state index in [1.165, 1.54) is 21.1 Å². The Labute approximate surface area is 164 Å². The highest BCUT2D eigenvalue weighted by molar-refractivity contribution is 9.10. The van der Waals surface area contributed by atoms with Crippen LogP contribution < -0.4 is 9.47 Å². The number of phosphoric ester groups is 1. The molecule has 0 saturated heterocycles. The van der Waals surface area contributed by atoms with E-state index in [2.05, 4.69) is 25.9 Å². The Kier molecular flexibility index (Phi) is 7.12. The van der Waals surface area contributed by atoms with Crippen LogP contribution in [0, 0.1) is 0 Å². The van der Waals surface area contributed by atoms with Crippen molar-refractivity contribution in [2.45, 2.75) is 13.5 Å². The SMILES string of the molecule is COc1nc2cc(Br)cc(CN(OP(=O)(OC)OC)C(C)=O)c2nc1OC. The summed E-state index contributed by atoms with van der Waals surface area (Å²) in [6, 6.07) is 3.47.